The zero-order chi connectivity index (χ0) is 14.4. The number of rotatable bonds is 6. The third-order valence-corrected chi connectivity index (χ3v) is 3.61. The zero-order valence-electron chi connectivity index (χ0n) is 11.0. The fourth-order valence-corrected chi connectivity index (χ4v) is 2.33. The Kier molecular flexibility index (Phi) is 4.91. The Labute approximate surface area is 120 Å². The van der Waals surface area contributed by atoms with Crippen molar-refractivity contribution in [1.29, 1.82) is 0 Å². The summed E-state index contributed by atoms with van der Waals surface area (Å²) in [6.45, 7) is 0.490. The Balaban J connectivity index is 1.83. The molecule has 1 aromatic carbocycles. The van der Waals surface area contributed by atoms with Gasteiger partial charge in [0.1, 0.15) is 16.4 Å². The maximum absolute atomic E-state index is 11.3. The van der Waals surface area contributed by atoms with E-state index in [0.717, 1.165) is 16.5 Å². The summed E-state index contributed by atoms with van der Waals surface area (Å²) in [6, 6.07) is 7.35. The number of hydrogen-bond acceptors (Lipinski definition) is 6. The molecule has 20 heavy (non-hydrogen) atoms. The number of amides is 1. The van der Waals surface area contributed by atoms with E-state index >= 15 is 0 Å². The van der Waals surface area contributed by atoms with Gasteiger partial charge in [-0.05, 0) is 24.3 Å². The van der Waals surface area contributed by atoms with Crippen LogP contribution < -0.4 is 20.7 Å². The second-order valence-electron chi connectivity index (χ2n) is 3.87. The summed E-state index contributed by atoms with van der Waals surface area (Å²) < 4.78 is 10.7. The van der Waals surface area contributed by atoms with Crippen molar-refractivity contribution < 1.29 is 14.3 Å². The topological polar surface area (TPSA) is 86.5 Å². The first kappa shape index (κ1) is 14.3. The lowest BCUT2D eigenvalue weighted by Gasteiger charge is -2.05. The molecule has 2 rings (SSSR count). The monoisotopic (exact) mass is 293 g/mol. The molecule has 0 unspecified atom stereocenters. The second-order valence-corrected chi connectivity index (χ2v) is 4.98. The molecule has 1 heterocycles. The summed E-state index contributed by atoms with van der Waals surface area (Å²) in [4.78, 5) is 15.9. The number of hydrazine groups is 1. The van der Waals surface area contributed by atoms with Crippen LogP contribution in [-0.4, -0.2) is 24.6 Å². The SMILES string of the molecule is COc1ccc(OCCc2ncc(C(=O)NN)s2)cc1. The molecule has 0 bridgehead atoms. The van der Waals surface area contributed by atoms with Gasteiger partial charge in [0, 0.05) is 6.42 Å². The number of aromatic nitrogens is 1. The van der Waals surface area contributed by atoms with Crippen LogP contribution >= 0.6 is 11.3 Å². The van der Waals surface area contributed by atoms with E-state index in [9.17, 15) is 4.79 Å². The maximum Gasteiger partial charge on any atom is 0.276 e. The highest BCUT2D eigenvalue weighted by molar-refractivity contribution is 7.13. The summed E-state index contributed by atoms with van der Waals surface area (Å²) in [5, 5.41) is 0.831. The van der Waals surface area contributed by atoms with Crippen LogP contribution in [0.15, 0.2) is 30.5 Å². The number of nitrogens with two attached hydrogens (primary N) is 1. The van der Waals surface area contributed by atoms with Gasteiger partial charge in [-0.25, -0.2) is 10.8 Å². The van der Waals surface area contributed by atoms with E-state index in [1.54, 1.807) is 7.11 Å². The van der Waals surface area contributed by atoms with Crippen molar-refractivity contribution in [3.63, 3.8) is 0 Å². The van der Waals surface area contributed by atoms with Crippen LogP contribution in [0.25, 0.3) is 0 Å². The first-order valence-corrected chi connectivity index (χ1v) is 6.77. The average molecular weight is 293 g/mol. The number of nitrogen functional groups attached to an aromatic ring is 1. The van der Waals surface area contributed by atoms with Crippen molar-refractivity contribution in [3.05, 3.63) is 40.3 Å². The quantitative estimate of drug-likeness (QED) is 0.477. The van der Waals surface area contributed by atoms with Crippen LogP contribution in [0.2, 0.25) is 0 Å². The van der Waals surface area contributed by atoms with Crippen molar-refractivity contribution in [2.75, 3.05) is 13.7 Å². The van der Waals surface area contributed by atoms with Crippen molar-refractivity contribution in [3.8, 4) is 11.5 Å². The summed E-state index contributed by atoms with van der Waals surface area (Å²) in [5.41, 5.74) is 2.08. The van der Waals surface area contributed by atoms with Crippen LogP contribution in [-0.2, 0) is 6.42 Å². The number of methoxy groups -OCH3 is 1. The normalized spacial score (nSPS) is 10.1. The summed E-state index contributed by atoms with van der Waals surface area (Å²) >= 11 is 1.30. The van der Waals surface area contributed by atoms with Gasteiger partial charge in [-0.15, -0.1) is 11.3 Å². The number of nitrogens with zero attached hydrogens (tertiary/aromatic N) is 1. The molecule has 0 aliphatic rings. The largest absolute Gasteiger partial charge is 0.497 e. The van der Waals surface area contributed by atoms with E-state index in [2.05, 4.69) is 10.4 Å². The lowest BCUT2D eigenvalue weighted by Crippen LogP contribution is -2.29. The highest BCUT2D eigenvalue weighted by Crippen LogP contribution is 2.18. The van der Waals surface area contributed by atoms with Gasteiger partial charge in [0.2, 0.25) is 0 Å². The van der Waals surface area contributed by atoms with E-state index in [1.807, 2.05) is 24.3 Å². The Hall–Kier alpha value is -2.12. The third kappa shape index (κ3) is 3.69. The summed E-state index contributed by atoms with van der Waals surface area (Å²) in [7, 11) is 1.62. The van der Waals surface area contributed by atoms with E-state index in [-0.39, 0.29) is 5.91 Å². The van der Waals surface area contributed by atoms with Crippen LogP contribution in [0, 0.1) is 0 Å². The van der Waals surface area contributed by atoms with Gasteiger partial charge in [0.15, 0.2) is 0 Å². The number of hydrogen-bond donors (Lipinski definition) is 2. The first-order valence-electron chi connectivity index (χ1n) is 5.95. The number of ether oxygens (including phenoxy) is 2. The van der Waals surface area contributed by atoms with Crippen LogP contribution in [0.4, 0.5) is 0 Å². The molecule has 0 aliphatic heterocycles. The van der Waals surface area contributed by atoms with Gasteiger partial charge < -0.3 is 9.47 Å². The lowest BCUT2D eigenvalue weighted by molar-refractivity contribution is 0.0957. The third-order valence-electron chi connectivity index (χ3n) is 2.55. The minimum Gasteiger partial charge on any atom is -0.497 e. The average Bonchev–Trinajstić information content (AvgIpc) is 2.96. The summed E-state index contributed by atoms with van der Waals surface area (Å²) in [5.74, 6) is 6.28. The molecule has 0 aliphatic carbocycles. The van der Waals surface area contributed by atoms with Gasteiger partial charge in [0.25, 0.3) is 5.91 Å². The highest BCUT2D eigenvalue weighted by atomic mass is 32.1. The van der Waals surface area contributed by atoms with Gasteiger partial charge in [0.05, 0.1) is 24.9 Å². The molecular weight excluding hydrogens is 278 g/mol. The molecule has 0 saturated heterocycles. The van der Waals surface area contributed by atoms with Crippen molar-refractivity contribution in [1.82, 2.24) is 10.4 Å². The molecule has 0 saturated carbocycles. The van der Waals surface area contributed by atoms with Crippen molar-refractivity contribution in [2.24, 2.45) is 5.84 Å². The first-order chi connectivity index (χ1) is 9.72. The van der Waals surface area contributed by atoms with Gasteiger partial charge in [-0.3, -0.25) is 10.2 Å². The van der Waals surface area contributed by atoms with Crippen LogP contribution in [0.3, 0.4) is 0 Å². The highest BCUT2D eigenvalue weighted by Gasteiger charge is 2.08. The van der Waals surface area contributed by atoms with Crippen LogP contribution in [0.1, 0.15) is 14.7 Å². The number of nitrogens with one attached hydrogen (secondary N) is 1. The predicted octanol–water partition coefficient (Wildman–Crippen LogP) is 1.38. The fourth-order valence-electron chi connectivity index (χ4n) is 1.53. The van der Waals surface area contributed by atoms with E-state index < -0.39 is 0 Å². The maximum atomic E-state index is 11.3. The lowest BCUT2D eigenvalue weighted by atomic mass is 10.3. The number of carbonyl (C=O) groups is 1. The molecule has 7 heteroatoms. The molecule has 6 nitrogen and oxygen atoms in total. The van der Waals surface area contributed by atoms with E-state index in [0.29, 0.717) is 17.9 Å². The van der Waals surface area contributed by atoms with Gasteiger partial charge >= 0.3 is 0 Å². The zero-order valence-corrected chi connectivity index (χ0v) is 11.8. The number of carbonyl (C=O) groups excluding carboxylic acids is 1. The molecule has 3 N–H and O–H groups in total. The van der Waals surface area contributed by atoms with E-state index in [4.69, 9.17) is 15.3 Å². The second kappa shape index (κ2) is 6.88. The number of thiazole rings is 1. The molecule has 0 radical (unpaired) electrons. The molecule has 106 valence electrons. The number of benzene rings is 1. The van der Waals surface area contributed by atoms with Gasteiger partial charge in [-0.1, -0.05) is 0 Å². The molecule has 0 spiro atoms. The van der Waals surface area contributed by atoms with Crippen molar-refractivity contribution in [2.45, 2.75) is 6.42 Å². The Morgan fingerprint density at radius 2 is 2.05 bits per heavy atom. The van der Waals surface area contributed by atoms with Gasteiger partial charge in [-0.2, -0.15) is 0 Å². The predicted molar refractivity (Wildman–Crippen MR) is 76.0 cm³/mol. The smallest absolute Gasteiger partial charge is 0.276 e. The molecule has 1 amide bonds. The van der Waals surface area contributed by atoms with Crippen LogP contribution in [0.5, 0.6) is 11.5 Å². The fraction of sp³-hybridized carbons (Fsp3) is 0.231. The molecule has 0 atom stereocenters. The minimum atomic E-state index is -0.329. The Morgan fingerprint density at radius 3 is 2.70 bits per heavy atom. The minimum absolute atomic E-state index is 0.329. The standard InChI is InChI=1S/C13H15N3O3S/c1-18-9-2-4-10(5-3-9)19-7-6-12-15-8-11(20-12)13(17)16-14/h2-5,8H,6-7,14H2,1H3,(H,16,17). The Bertz CT molecular complexity index is 568. The summed E-state index contributed by atoms with van der Waals surface area (Å²) in [6.07, 6.45) is 2.14. The van der Waals surface area contributed by atoms with E-state index in [1.165, 1.54) is 17.5 Å². The molecule has 2 aromatic rings. The van der Waals surface area contributed by atoms with Crippen molar-refractivity contribution >= 4 is 17.2 Å². The molecule has 1 aromatic heterocycles. The molecule has 0 fully saturated rings. The molecular formula is C13H15N3O3S. The Morgan fingerprint density at radius 1 is 1.35 bits per heavy atom.